The number of thioether (sulfide) groups is 1. The minimum absolute atomic E-state index is 0.0464. The molecule has 0 aliphatic carbocycles. The molecule has 0 aliphatic rings. The SMILES string of the molecule is CCc1ccc(Cn2c(CC)cnc2SCC(=O)O)s1. The normalized spacial score (nSPS) is 10.9. The molecule has 0 aliphatic heterocycles. The summed E-state index contributed by atoms with van der Waals surface area (Å²) in [4.78, 5) is 17.7. The van der Waals surface area contributed by atoms with Crippen molar-refractivity contribution in [3.8, 4) is 0 Å². The number of aryl methyl sites for hydroxylation is 2. The van der Waals surface area contributed by atoms with Crippen molar-refractivity contribution in [3.63, 3.8) is 0 Å². The zero-order chi connectivity index (χ0) is 14.5. The number of hydrogen-bond donors (Lipinski definition) is 1. The van der Waals surface area contributed by atoms with E-state index in [4.69, 9.17) is 5.11 Å². The number of nitrogens with zero attached hydrogens (tertiary/aromatic N) is 2. The second-order valence-electron chi connectivity index (χ2n) is 4.38. The molecule has 2 rings (SSSR count). The van der Waals surface area contributed by atoms with E-state index < -0.39 is 5.97 Å². The van der Waals surface area contributed by atoms with E-state index in [0.29, 0.717) is 0 Å². The summed E-state index contributed by atoms with van der Waals surface area (Å²) >= 11 is 3.09. The van der Waals surface area contributed by atoms with Crippen LogP contribution in [-0.4, -0.2) is 26.4 Å². The number of carboxylic acids is 1. The highest BCUT2D eigenvalue weighted by atomic mass is 32.2. The highest BCUT2D eigenvalue weighted by molar-refractivity contribution is 7.99. The predicted octanol–water partition coefficient (Wildman–Crippen LogP) is 3.29. The Kier molecular flexibility index (Phi) is 5.25. The van der Waals surface area contributed by atoms with Crippen molar-refractivity contribution in [2.75, 3.05) is 5.75 Å². The van der Waals surface area contributed by atoms with Crippen LogP contribution in [0.15, 0.2) is 23.5 Å². The van der Waals surface area contributed by atoms with Gasteiger partial charge in [0.1, 0.15) is 0 Å². The number of rotatable bonds is 7. The summed E-state index contributed by atoms with van der Waals surface area (Å²) in [6.45, 7) is 5.01. The third-order valence-corrected chi connectivity index (χ3v) is 5.16. The Morgan fingerprint density at radius 2 is 2.10 bits per heavy atom. The average Bonchev–Trinajstić information content (AvgIpc) is 3.03. The van der Waals surface area contributed by atoms with E-state index in [1.807, 2.05) is 17.5 Å². The molecule has 0 saturated heterocycles. The molecular weight excluding hydrogens is 292 g/mol. The zero-order valence-electron chi connectivity index (χ0n) is 11.6. The molecule has 0 bridgehead atoms. The van der Waals surface area contributed by atoms with Gasteiger partial charge in [0.05, 0.1) is 12.3 Å². The summed E-state index contributed by atoms with van der Waals surface area (Å²) in [5, 5.41) is 9.59. The Morgan fingerprint density at radius 1 is 1.35 bits per heavy atom. The molecule has 1 N–H and O–H groups in total. The first-order valence-corrected chi connectivity index (χ1v) is 8.40. The minimum atomic E-state index is -0.813. The van der Waals surface area contributed by atoms with Crippen LogP contribution in [0.25, 0.3) is 0 Å². The maximum atomic E-state index is 10.7. The standard InChI is InChI=1S/C14H18N2O2S2/c1-3-10-7-15-14(19-9-13(17)18)16(10)8-12-6-5-11(4-2)20-12/h5-7H,3-4,8-9H2,1-2H3,(H,17,18). The quantitative estimate of drug-likeness (QED) is 0.797. The fourth-order valence-electron chi connectivity index (χ4n) is 1.94. The monoisotopic (exact) mass is 310 g/mol. The van der Waals surface area contributed by atoms with E-state index in [1.165, 1.54) is 21.5 Å². The number of aromatic nitrogens is 2. The molecule has 2 aromatic rings. The first kappa shape index (κ1) is 15.1. The van der Waals surface area contributed by atoms with Crippen LogP contribution in [0.2, 0.25) is 0 Å². The van der Waals surface area contributed by atoms with Crippen molar-refractivity contribution in [3.05, 3.63) is 33.8 Å². The fraction of sp³-hybridized carbons (Fsp3) is 0.429. The second-order valence-corrected chi connectivity index (χ2v) is 6.57. The minimum Gasteiger partial charge on any atom is -0.481 e. The Labute approximate surface area is 126 Å². The van der Waals surface area contributed by atoms with Crippen molar-refractivity contribution < 1.29 is 9.90 Å². The van der Waals surface area contributed by atoms with E-state index >= 15 is 0 Å². The van der Waals surface area contributed by atoms with Crippen molar-refractivity contribution in [1.29, 1.82) is 0 Å². The van der Waals surface area contributed by atoms with Gasteiger partial charge in [-0.05, 0) is 25.0 Å². The lowest BCUT2D eigenvalue weighted by Crippen LogP contribution is -2.06. The molecule has 2 heterocycles. The molecule has 0 aromatic carbocycles. The Balaban J connectivity index is 2.19. The van der Waals surface area contributed by atoms with Gasteiger partial charge < -0.3 is 9.67 Å². The van der Waals surface area contributed by atoms with E-state index in [-0.39, 0.29) is 5.75 Å². The molecular formula is C14H18N2O2S2. The van der Waals surface area contributed by atoms with Crippen LogP contribution >= 0.6 is 23.1 Å². The molecule has 0 saturated carbocycles. The van der Waals surface area contributed by atoms with Gasteiger partial charge in [0, 0.05) is 21.6 Å². The molecule has 0 amide bonds. The van der Waals surface area contributed by atoms with Crippen LogP contribution in [0.1, 0.15) is 29.3 Å². The molecule has 0 radical (unpaired) electrons. The lowest BCUT2D eigenvalue weighted by atomic mass is 10.3. The van der Waals surface area contributed by atoms with Crippen LogP contribution < -0.4 is 0 Å². The van der Waals surface area contributed by atoms with E-state index in [2.05, 4.69) is 35.5 Å². The summed E-state index contributed by atoms with van der Waals surface area (Å²) in [6.07, 6.45) is 3.79. The lowest BCUT2D eigenvalue weighted by Gasteiger charge is -2.09. The van der Waals surface area contributed by atoms with E-state index in [0.717, 1.165) is 30.2 Å². The number of aliphatic carboxylic acids is 1. The van der Waals surface area contributed by atoms with Gasteiger partial charge in [0.25, 0.3) is 0 Å². The zero-order valence-corrected chi connectivity index (χ0v) is 13.3. The largest absolute Gasteiger partial charge is 0.481 e. The van der Waals surface area contributed by atoms with Gasteiger partial charge in [0.15, 0.2) is 5.16 Å². The maximum Gasteiger partial charge on any atom is 0.313 e. The highest BCUT2D eigenvalue weighted by Crippen LogP contribution is 2.24. The first-order valence-electron chi connectivity index (χ1n) is 6.60. The maximum absolute atomic E-state index is 10.7. The highest BCUT2D eigenvalue weighted by Gasteiger charge is 2.12. The topological polar surface area (TPSA) is 55.1 Å². The third kappa shape index (κ3) is 3.64. The molecule has 0 spiro atoms. The first-order chi connectivity index (χ1) is 9.63. The van der Waals surface area contributed by atoms with Gasteiger partial charge >= 0.3 is 5.97 Å². The summed E-state index contributed by atoms with van der Waals surface area (Å²) in [5.74, 6) is -0.767. The van der Waals surface area contributed by atoms with Gasteiger partial charge in [-0.2, -0.15) is 0 Å². The fourth-order valence-corrected chi connectivity index (χ4v) is 3.60. The van der Waals surface area contributed by atoms with Crippen LogP contribution in [-0.2, 0) is 24.2 Å². The van der Waals surface area contributed by atoms with Gasteiger partial charge in [0.2, 0.25) is 0 Å². The average molecular weight is 310 g/mol. The van der Waals surface area contributed by atoms with Crippen molar-refractivity contribution >= 4 is 29.1 Å². The number of carboxylic acid groups (broad SMARTS) is 1. The Hall–Kier alpha value is -1.27. The summed E-state index contributed by atoms with van der Waals surface area (Å²) in [5.41, 5.74) is 1.14. The van der Waals surface area contributed by atoms with Crippen LogP contribution in [0.4, 0.5) is 0 Å². The smallest absolute Gasteiger partial charge is 0.313 e. The second kappa shape index (κ2) is 6.95. The van der Waals surface area contributed by atoms with Crippen LogP contribution in [0, 0.1) is 0 Å². The van der Waals surface area contributed by atoms with Crippen LogP contribution in [0.5, 0.6) is 0 Å². The molecule has 4 nitrogen and oxygen atoms in total. The van der Waals surface area contributed by atoms with Gasteiger partial charge in [-0.15, -0.1) is 11.3 Å². The molecule has 20 heavy (non-hydrogen) atoms. The van der Waals surface area contributed by atoms with Crippen molar-refractivity contribution in [1.82, 2.24) is 9.55 Å². The third-order valence-electron chi connectivity index (χ3n) is 2.97. The molecule has 6 heteroatoms. The summed E-state index contributed by atoms with van der Waals surface area (Å²) in [6, 6.07) is 4.31. The van der Waals surface area contributed by atoms with Gasteiger partial charge in [-0.1, -0.05) is 25.6 Å². The number of hydrogen-bond acceptors (Lipinski definition) is 4. The number of thiophene rings is 1. The van der Waals surface area contributed by atoms with Gasteiger partial charge in [-0.25, -0.2) is 4.98 Å². The van der Waals surface area contributed by atoms with E-state index in [1.54, 1.807) is 0 Å². The molecule has 2 aromatic heterocycles. The summed E-state index contributed by atoms with van der Waals surface area (Å²) in [7, 11) is 0. The molecule has 108 valence electrons. The number of imidazole rings is 1. The summed E-state index contributed by atoms with van der Waals surface area (Å²) < 4.78 is 2.12. The Bertz CT molecular complexity index is 590. The predicted molar refractivity (Wildman–Crippen MR) is 82.8 cm³/mol. The van der Waals surface area contributed by atoms with Crippen molar-refractivity contribution in [2.45, 2.75) is 38.4 Å². The number of carbonyl (C=O) groups is 1. The van der Waals surface area contributed by atoms with Crippen LogP contribution in [0.3, 0.4) is 0 Å². The Morgan fingerprint density at radius 3 is 2.70 bits per heavy atom. The molecule has 0 unspecified atom stereocenters. The lowest BCUT2D eigenvalue weighted by molar-refractivity contribution is -0.133. The molecule has 0 fully saturated rings. The van der Waals surface area contributed by atoms with Gasteiger partial charge in [-0.3, -0.25) is 4.79 Å². The van der Waals surface area contributed by atoms with E-state index in [9.17, 15) is 4.79 Å². The van der Waals surface area contributed by atoms with Crippen molar-refractivity contribution in [2.24, 2.45) is 0 Å². The molecule has 0 atom stereocenters.